The number of carbonyl (C=O) groups excluding carboxylic acids is 1. The van der Waals surface area contributed by atoms with Crippen molar-refractivity contribution >= 4 is 27.5 Å². The van der Waals surface area contributed by atoms with Gasteiger partial charge in [-0.3, -0.25) is 4.79 Å². The molecule has 0 aliphatic rings. The van der Waals surface area contributed by atoms with Crippen molar-refractivity contribution in [2.75, 3.05) is 5.32 Å². The normalized spacial score (nSPS) is 10.9. The molecule has 1 rings (SSSR count). The number of carbonyl (C=O) groups is 1. The maximum absolute atomic E-state index is 12.6. The summed E-state index contributed by atoms with van der Waals surface area (Å²) >= 11 is 3.40. The third-order valence-electron chi connectivity index (χ3n) is 3.45. The Morgan fingerprint density at radius 1 is 1.35 bits per heavy atom. The lowest BCUT2D eigenvalue weighted by molar-refractivity contribution is -0.123. The number of halogens is 1. The van der Waals surface area contributed by atoms with E-state index < -0.39 is 5.41 Å². The predicted molar refractivity (Wildman–Crippen MR) is 85.4 cm³/mol. The van der Waals surface area contributed by atoms with Gasteiger partial charge in [0.25, 0.3) is 0 Å². The minimum Gasteiger partial charge on any atom is -0.324 e. The molecule has 0 saturated heterocycles. The first-order valence-corrected chi connectivity index (χ1v) is 7.77. The standard InChI is InChI=1S/C16H21BrN2O/c1-4-8-16(11-18,9-5-2)15(20)19-14-10-13(17)7-6-12(14)3/h6-7,10H,4-5,8-9H2,1-3H3,(H,19,20). The van der Waals surface area contributed by atoms with Gasteiger partial charge < -0.3 is 5.32 Å². The van der Waals surface area contributed by atoms with Gasteiger partial charge in [0, 0.05) is 10.2 Å². The Morgan fingerprint density at radius 3 is 2.45 bits per heavy atom. The summed E-state index contributed by atoms with van der Waals surface area (Å²) in [5.41, 5.74) is 0.829. The molecule has 20 heavy (non-hydrogen) atoms. The van der Waals surface area contributed by atoms with Gasteiger partial charge in [-0.25, -0.2) is 0 Å². The predicted octanol–water partition coefficient (Wildman–Crippen LogP) is 4.81. The second-order valence-electron chi connectivity index (χ2n) is 5.11. The fraction of sp³-hybridized carbons (Fsp3) is 0.500. The minimum absolute atomic E-state index is 0.190. The van der Waals surface area contributed by atoms with Gasteiger partial charge in [-0.05, 0) is 37.5 Å². The Kier molecular flexibility index (Phi) is 6.22. The number of hydrogen-bond acceptors (Lipinski definition) is 2. The number of hydrogen-bond donors (Lipinski definition) is 1. The van der Waals surface area contributed by atoms with Crippen molar-refractivity contribution in [1.29, 1.82) is 5.26 Å². The van der Waals surface area contributed by atoms with Crippen molar-refractivity contribution in [3.63, 3.8) is 0 Å². The summed E-state index contributed by atoms with van der Waals surface area (Å²) in [6, 6.07) is 7.99. The molecule has 3 nitrogen and oxygen atoms in total. The number of nitrogens with zero attached hydrogens (tertiary/aromatic N) is 1. The molecule has 0 spiro atoms. The van der Waals surface area contributed by atoms with Crippen LogP contribution in [0.1, 0.15) is 45.1 Å². The van der Waals surface area contributed by atoms with Crippen LogP contribution >= 0.6 is 15.9 Å². The van der Waals surface area contributed by atoms with Gasteiger partial charge in [0.15, 0.2) is 0 Å². The van der Waals surface area contributed by atoms with Crippen LogP contribution in [0, 0.1) is 23.7 Å². The Bertz CT molecular complexity index is 514. The minimum atomic E-state index is -0.918. The number of nitriles is 1. The zero-order chi connectivity index (χ0) is 15.2. The molecular formula is C16H21BrN2O. The number of anilines is 1. The first kappa shape index (κ1) is 16.7. The molecule has 0 aliphatic carbocycles. The van der Waals surface area contributed by atoms with E-state index in [-0.39, 0.29) is 5.91 Å². The fourth-order valence-corrected chi connectivity index (χ4v) is 2.70. The lowest BCUT2D eigenvalue weighted by Crippen LogP contribution is -2.35. The summed E-state index contributed by atoms with van der Waals surface area (Å²) in [5.74, 6) is -0.190. The second-order valence-corrected chi connectivity index (χ2v) is 6.02. The summed E-state index contributed by atoms with van der Waals surface area (Å²) < 4.78 is 0.909. The molecule has 0 atom stereocenters. The van der Waals surface area contributed by atoms with Crippen molar-refractivity contribution in [3.8, 4) is 6.07 Å². The van der Waals surface area contributed by atoms with E-state index in [4.69, 9.17) is 0 Å². The monoisotopic (exact) mass is 336 g/mol. The Hall–Kier alpha value is -1.34. The first-order chi connectivity index (χ1) is 9.49. The van der Waals surface area contributed by atoms with Crippen LogP contribution in [0.2, 0.25) is 0 Å². The molecule has 0 radical (unpaired) electrons. The Morgan fingerprint density at radius 2 is 1.95 bits per heavy atom. The largest absolute Gasteiger partial charge is 0.324 e. The van der Waals surface area contributed by atoms with E-state index in [0.29, 0.717) is 12.8 Å². The van der Waals surface area contributed by atoms with E-state index in [1.807, 2.05) is 39.0 Å². The maximum Gasteiger partial charge on any atom is 0.244 e. The highest BCUT2D eigenvalue weighted by atomic mass is 79.9. The van der Waals surface area contributed by atoms with Crippen LogP contribution in [-0.2, 0) is 4.79 Å². The van der Waals surface area contributed by atoms with E-state index in [1.165, 1.54) is 0 Å². The van der Waals surface area contributed by atoms with Crippen LogP contribution in [0.4, 0.5) is 5.69 Å². The van der Waals surface area contributed by atoms with Crippen LogP contribution in [0.25, 0.3) is 0 Å². The zero-order valence-electron chi connectivity index (χ0n) is 12.3. The van der Waals surface area contributed by atoms with Gasteiger partial charge in [0.1, 0.15) is 5.41 Å². The topological polar surface area (TPSA) is 52.9 Å². The lowest BCUT2D eigenvalue weighted by atomic mass is 9.79. The van der Waals surface area contributed by atoms with Crippen LogP contribution in [-0.4, -0.2) is 5.91 Å². The van der Waals surface area contributed by atoms with Crippen LogP contribution in [0.3, 0.4) is 0 Å². The first-order valence-electron chi connectivity index (χ1n) is 6.98. The number of amides is 1. The molecule has 0 saturated carbocycles. The molecule has 108 valence electrons. The summed E-state index contributed by atoms with van der Waals surface area (Å²) in [5, 5.41) is 12.4. The highest BCUT2D eigenvalue weighted by Crippen LogP contribution is 2.32. The van der Waals surface area contributed by atoms with Crippen molar-refractivity contribution in [3.05, 3.63) is 28.2 Å². The third-order valence-corrected chi connectivity index (χ3v) is 3.94. The highest BCUT2D eigenvalue weighted by Gasteiger charge is 2.37. The summed E-state index contributed by atoms with van der Waals surface area (Å²) in [7, 11) is 0. The number of aryl methyl sites for hydroxylation is 1. The summed E-state index contributed by atoms with van der Waals surface area (Å²) in [4.78, 5) is 12.6. The smallest absolute Gasteiger partial charge is 0.244 e. The molecule has 0 fully saturated rings. The molecule has 0 aliphatic heterocycles. The molecular weight excluding hydrogens is 316 g/mol. The Balaban J connectivity index is 3.02. The molecule has 0 heterocycles. The van der Waals surface area contributed by atoms with Crippen LogP contribution < -0.4 is 5.32 Å². The average molecular weight is 337 g/mol. The molecule has 1 N–H and O–H groups in total. The Labute approximate surface area is 129 Å². The molecule has 0 unspecified atom stereocenters. The van der Waals surface area contributed by atoms with Gasteiger partial charge in [0.2, 0.25) is 5.91 Å². The van der Waals surface area contributed by atoms with Crippen molar-refractivity contribution in [2.24, 2.45) is 5.41 Å². The van der Waals surface area contributed by atoms with Crippen molar-refractivity contribution < 1.29 is 4.79 Å². The van der Waals surface area contributed by atoms with E-state index in [0.717, 1.165) is 28.6 Å². The van der Waals surface area contributed by atoms with E-state index in [9.17, 15) is 10.1 Å². The molecule has 4 heteroatoms. The molecule has 1 amide bonds. The van der Waals surface area contributed by atoms with Gasteiger partial charge in [-0.1, -0.05) is 48.7 Å². The summed E-state index contributed by atoms with van der Waals surface area (Å²) in [6.07, 6.45) is 2.82. The lowest BCUT2D eigenvalue weighted by Gasteiger charge is -2.25. The third kappa shape index (κ3) is 3.83. The van der Waals surface area contributed by atoms with Crippen molar-refractivity contribution in [1.82, 2.24) is 0 Å². The van der Waals surface area contributed by atoms with E-state index in [2.05, 4.69) is 27.3 Å². The van der Waals surface area contributed by atoms with E-state index in [1.54, 1.807) is 0 Å². The van der Waals surface area contributed by atoms with Gasteiger partial charge in [-0.2, -0.15) is 5.26 Å². The summed E-state index contributed by atoms with van der Waals surface area (Å²) in [6.45, 7) is 5.94. The van der Waals surface area contributed by atoms with Gasteiger partial charge in [-0.15, -0.1) is 0 Å². The number of nitrogens with one attached hydrogen (secondary N) is 1. The van der Waals surface area contributed by atoms with Gasteiger partial charge in [0.05, 0.1) is 6.07 Å². The molecule has 0 bridgehead atoms. The molecule has 0 aromatic heterocycles. The maximum atomic E-state index is 12.6. The second kappa shape index (κ2) is 7.44. The van der Waals surface area contributed by atoms with Crippen LogP contribution in [0.5, 0.6) is 0 Å². The van der Waals surface area contributed by atoms with E-state index >= 15 is 0 Å². The average Bonchev–Trinajstić information content (AvgIpc) is 2.42. The number of benzene rings is 1. The van der Waals surface area contributed by atoms with Gasteiger partial charge >= 0.3 is 0 Å². The quantitative estimate of drug-likeness (QED) is 0.810. The van der Waals surface area contributed by atoms with Crippen molar-refractivity contribution in [2.45, 2.75) is 46.5 Å². The fourth-order valence-electron chi connectivity index (χ4n) is 2.34. The highest BCUT2D eigenvalue weighted by molar-refractivity contribution is 9.10. The number of rotatable bonds is 6. The zero-order valence-corrected chi connectivity index (χ0v) is 13.9. The SMILES string of the molecule is CCCC(C#N)(CCC)C(=O)Nc1cc(Br)ccc1C. The molecule has 1 aromatic rings. The molecule has 1 aromatic carbocycles. The van der Waals surface area contributed by atoms with Crippen LogP contribution in [0.15, 0.2) is 22.7 Å².